The van der Waals surface area contributed by atoms with Crippen LogP contribution in [0.4, 0.5) is 0 Å². The van der Waals surface area contributed by atoms with Crippen LogP contribution in [0.25, 0.3) is 0 Å². The van der Waals surface area contributed by atoms with Crippen LogP contribution in [-0.2, 0) is 13.6 Å². The maximum Gasteiger partial charge on any atom is 0.338 e. The van der Waals surface area contributed by atoms with Gasteiger partial charge in [0, 0.05) is 20.6 Å². The van der Waals surface area contributed by atoms with E-state index in [1.165, 1.54) is 0 Å². The van der Waals surface area contributed by atoms with Crippen molar-refractivity contribution in [3.63, 3.8) is 0 Å². The van der Waals surface area contributed by atoms with Crippen molar-refractivity contribution in [3.05, 3.63) is 12.2 Å². The molecule has 88 valence electrons. The van der Waals surface area contributed by atoms with Crippen molar-refractivity contribution in [1.29, 1.82) is 0 Å². The molecule has 15 heavy (non-hydrogen) atoms. The number of hydrogen-bond donors (Lipinski definition) is 0. The number of carbonyl (C=O) groups is 1. The monoisotopic (exact) mass is 230 g/mol. The van der Waals surface area contributed by atoms with Crippen LogP contribution in [0.3, 0.4) is 0 Å². The van der Waals surface area contributed by atoms with Crippen LogP contribution in [-0.4, -0.2) is 28.6 Å². The molecule has 0 spiro atoms. The first-order chi connectivity index (χ1) is 7.01. The van der Waals surface area contributed by atoms with Gasteiger partial charge in [0.05, 0.1) is 0 Å². The van der Waals surface area contributed by atoms with Crippen LogP contribution >= 0.6 is 0 Å². The Hall–Kier alpha value is -0.453. The van der Waals surface area contributed by atoms with Crippen molar-refractivity contribution >= 4 is 14.3 Å². The van der Waals surface area contributed by atoms with Gasteiger partial charge in [-0.1, -0.05) is 19.9 Å². The van der Waals surface area contributed by atoms with Gasteiger partial charge in [-0.2, -0.15) is 0 Å². The molecule has 0 aromatic heterocycles. The van der Waals surface area contributed by atoms with Crippen molar-refractivity contribution < 1.29 is 13.6 Å². The highest BCUT2D eigenvalue weighted by Gasteiger charge is 2.34. The van der Waals surface area contributed by atoms with E-state index in [4.69, 9.17) is 8.85 Å². The summed E-state index contributed by atoms with van der Waals surface area (Å²) in [5, 5.41) is 0. The summed E-state index contributed by atoms with van der Waals surface area (Å²) in [7, 11) is 1.24. The minimum Gasteiger partial charge on any atom is -0.398 e. The number of Topliss-reactive ketones (excluding diaryl/α,β-unsaturated/α-hetero) is 1. The summed E-state index contributed by atoms with van der Waals surface area (Å²) in [6.45, 7) is 7.48. The molecule has 0 fully saturated rings. The van der Waals surface area contributed by atoms with Crippen LogP contribution in [0, 0.1) is 0 Å². The first-order valence-corrected chi connectivity index (χ1v) is 7.53. The molecule has 0 aliphatic rings. The van der Waals surface area contributed by atoms with Gasteiger partial charge in [0.2, 0.25) is 0 Å². The Bertz CT molecular complexity index is 222. The third-order valence-electron chi connectivity index (χ3n) is 2.58. The molecule has 0 aromatic carbocycles. The molecule has 4 heteroatoms. The third-order valence-corrected chi connectivity index (χ3v) is 6.35. The predicted octanol–water partition coefficient (Wildman–Crippen LogP) is 2.67. The molecule has 0 heterocycles. The van der Waals surface area contributed by atoms with E-state index in [1.807, 2.05) is 0 Å². The number of rotatable bonds is 8. The quantitative estimate of drug-likeness (QED) is 0.475. The first-order valence-electron chi connectivity index (χ1n) is 5.30. The minimum absolute atomic E-state index is 0.108. The molecule has 0 unspecified atom stereocenters. The van der Waals surface area contributed by atoms with E-state index in [0.29, 0.717) is 12.0 Å². The number of ketones is 1. The molecule has 0 radical (unpaired) electrons. The van der Waals surface area contributed by atoms with Crippen LogP contribution in [0.2, 0.25) is 12.1 Å². The van der Waals surface area contributed by atoms with E-state index in [-0.39, 0.29) is 5.78 Å². The van der Waals surface area contributed by atoms with Crippen molar-refractivity contribution in [2.75, 3.05) is 14.2 Å². The maximum absolute atomic E-state index is 11.4. The average molecular weight is 230 g/mol. The smallest absolute Gasteiger partial charge is 0.338 e. The Labute approximate surface area is 93.7 Å². The van der Waals surface area contributed by atoms with Gasteiger partial charge in [0.1, 0.15) is 0 Å². The van der Waals surface area contributed by atoms with Gasteiger partial charge < -0.3 is 8.85 Å². The SMILES string of the molecule is C=C(C)C(=O)CC[Si](CCC)(OC)OC. The van der Waals surface area contributed by atoms with Crippen molar-refractivity contribution in [3.8, 4) is 0 Å². The Balaban J connectivity index is 4.28. The first kappa shape index (κ1) is 14.5. The van der Waals surface area contributed by atoms with Crippen LogP contribution in [0.1, 0.15) is 26.7 Å². The van der Waals surface area contributed by atoms with Crippen LogP contribution in [0.5, 0.6) is 0 Å². The molecule has 0 N–H and O–H groups in total. The zero-order valence-corrected chi connectivity index (χ0v) is 11.3. The van der Waals surface area contributed by atoms with Crippen molar-refractivity contribution in [2.24, 2.45) is 0 Å². The second-order valence-corrected chi connectivity index (χ2v) is 7.41. The Morgan fingerprint density at radius 2 is 1.80 bits per heavy atom. The molecule has 3 nitrogen and oxygen atoms in total. The van der Waals surface area contributed by atoms with Gasteiger partial charge in [-0.3, -0.25) is 4.79 Å². The molecular formula is C11H22O3Si. The molecule has 0 amide bonds. The molecule has 0 atom stereocenters. The highest BCUT2D eigenvalue weighted by atomic mass is 28.4. The topological polar surface area (TPSA) is 35.5 Å². The summed E-state index contributed by atoms with van der Waals surface area (Å²) in [5.74, 6) is 0.108. The van der Waals surface area contributed by atoms with E-state index in [2.05, 4.69) is 13.5 Å². The van der Waals surface area contributed by atoms with E-state index >= 15 is 0 Å². The average Bonchev–Trinajstić information content (AvgIpc) is 2.23. The molecule has 0 aromatic rings. The summed E-state index contributed by atoms with van der Waals surface area (Å²) in [5.41, 5.74) is 0.613. The standard InChI is InChI=1S/C11H22O3Si/c1-6-8-15(13-4,14-5)9-7-11(12)10(2)3/h2,6-9H2,1,3-5H3. The zero-order chi connectivity index (χ0) is 11.9. The highest BCUT2D eigenvalue weighted by Crippen LogP contribution is 2.22. The number of carbonyl (C=O) groups excluding carboxylic acids is 1. The predicted molar refractivity (Wildman–Crippen MR) is 64.1 cm³/mol. The maximum atomic E-state index is 11.4. The van der Waals surface area contributed by atoms with Crippen LogP contribution in [0.15, 0.2) is 12.2 Å². The zero-order valence-electron chi connectivity index (χ0n) is 10.3. The summed E-state index contributed by atoms with van der Waals surface area (Å²) in [6, 6.07) is 1.66. The third kappa shape index (κ3) is 4.73. The Morgan fingerprint density at radius 1 is 1.27 bits per heavy atom. The molecule has 0 aliphatic carbocycles. The van der Waals surface area contributed by atoms with E-state index in [1.54, 1.807) is 21.1 Å². The van der Waals surface area contributed by atoms with Crippen molar-refractivity contribution in [1.82, 2.24) is 0 Å². The summed E-state index contributed by atoms with van der Waals surface area (Å²) in [6.07, 6.45) is 1.51. The molecular weight excluding hydrogens is 208 g/mol. The highest BCUT2D eigenvalue weighted by molar-refractivity contribution is 6.67. The van der Waals surface area contributed by atoms with Gasteiger partial charge in [0.15, 0.2) is 5.78 Å². The molecule has 0 saturated heterocycles. The van der Waals surface area contributed by atoms with Gasteiger partial charge in [-0.25, -0.2) is 0 Å². The van der Waals surface area contributed by atoms with Crippen LogP contribution < -0.4 is 0 Å². The van der Waals surface area contributed by atoms with Gasteiger partial charge in [-0.15, -0.1) is 0 Å². The fourth-order valence-electron chi connectivity index (χ4n) is 1.51. The van der Waals surface area contributed by atoms with E-state index < -0.39 is 8.56 Å². The molecule has 0 aliphatic heterocycles. The summed E-state index contributed by atoms with van der Waals surface area (Å²) in [4.78, 5) is 11.4. The largest absolute Gasteiger partial charge is 0.398 e. The molecule has 0 rings (SSSR count). The van der Waals surface area contributed by atoms with Gasteiger partial charge in [-0.05, 0) is 24.6 Å². The normalized spacial score (nSPS) is 11.5. The molecule has 0 bridgehead atoms. The number of hydrogen-bond acceptors (Lipinski definition) is 3. The lowest BCUT2D eigenvalue weighted by atomic mass is 10.2. The van der Waals surface area contributed by atoms with E-state index in [0.717, 1.165) is 18.5 Å². The Morgan fingerprint density at radius 3 is 2.13 bits per heavy atom. The van der Waals surface area contributed by atoms with Gasteiger partial charge >= 0.3 is 8.56 Å². The lowest BCUT2D eigenvalue weighted by Crippen LogP contribution is -2.40. The molecule has 0 saturated carbocycles. The van der Waals surface area contributed by atoms with E-state index in [9.17, 15) is 4.79 Å². The van der Waals surface area contributed by atoms with Gasteiger partial charge in [0.25, 0.3) is 0 Å². The summed E-state index contributed by atoms with van der Waals surface area (Å²) >= 11 is 0. The minimum atomic E-state index is -2.11. The number of allylic oxidation sites excluding steroid dienone is 1. The second-order valence-electron chi connectivity index (χ2n) is 3.77. The lowest BCUT2D eigenvalue weighted by molar-refractivity contribution is -0.115. The fraction of sp³-hybridized carbons (Fsp3) is 0.727. The lowest BCUT2D eigenvalue weighted by Gasteiger charge is -2.26. The fourth-order valence-corrected chi connectivity index (χ4v) is 4.12. The Kier molecular flexibility index (Phi) is 6.72. The second kappa shape index (κ2) is 6.93. The van der Waals surface area contributed by atoms with Crippen molar-refractivity contribution in [2.45, 2.75) is 38.8 Å². The summed E-state index contributed by atoms with van der Waals surface area (Å²) < 4.78 is 11.0.